The summed E-state index contributed by atoms with van der Waals surface area (Å²) in [6.45, 7) is 4.86. The Hall–Kier alpha value is -1.09. The second-order valence-electron chi connectivity index (χ2n) is 10.6. The number of fused-ring (bicyclic) bond motifs is 5. The largest absolute Gasteiger partial charge is 0.431 e. The average molecular weight is 371 g/mol. The fourth-order valence-electron chi connectivity index (χ4n) is 8.41. The molecule has 27 heavy (non-hydrogen) atoms. The van der Waals surface area contributed by atoms with Crippen LogP contribution >= 0.6 is 0 Å². The van der Waals surface area contributed by atoms with Crippen molar-refractivity contribution < 1.29 is 9.52 Å². The zero-order valence-electron chi connectivity index (χ0n) is 16.9. The predicted octanol–water partition coefficient (Wildman–Crippen LogP) is 5.27. The molecule has 1 N–H and O–H groups in total. The Balaban J connectivity index is 1.51. The van der Waals surface area contributed by atoms with Gasteiger partial charge in [0.25, 0.3) is 0 Å². The lowest BCUT2D eigenvalue weighted by Gasteiger charge is -2.63. The van der Waals surface area contributed by atoms with E-state index >= 15 is 0 Å². The van der Waals surface area contributed by atoms with Crippen molar-refractivity contribution in [2.75, 3.05) is 0 Å². The Morgan fingerprint density at radius 2 is 1.85 bits per heavy atom. The second kappa shape index (κ2) is 5.95. The first kappa shape index (κ1) is 18.0. The highest BCUT2D eigenvalue weighted by molar-refractivity contribution is 5.27. The molecule has 0 saturated heterocycles. The van der Waals surface area contributed by atoms with Gasteiger partial charge >= 0.3 is 5.63 Å². The summed E-state index contributed by atoms with van der Waals surface area (Å²) >= 11 is 0. The first-order valence-electron chi connectivity index (χ1n) is 11.2. The molecule has 148 valence electrons. The highest BCUT2D eigenvalue weighted by Gasteiger charge is 2.67. The number of rotatable bonds is 1. The van der Waals surface area contributed by atoms with Crippen LogP contribution in [0.15, 0.2) is 27.6 Å². The molecule has 3 heteroatoms. The van der Waals surface area contributed by atoms with Crippen LogP contribution in [0.2, 0.25) is 0 Å². The maximum atomic E-state index is 12.2. The normalized spacial score (nSPS) is 49.1. The first-order chi connectivity index (χ1) is 12.9. The molecule has 1 heterocycles. The predicted molar refractivity (Wildman–Crippen MR) is 106 cm³/mol. The molecule has 1 aromatic heterocycles. The van der Waals surface area contributed by atoms with E-state index in [1.165, 1.54) is 51.2 Å². The third kappa shape index (κ3) is 2.33. The van der Waals surface area contributed by atoms with Gasteiger partial charge in [-0.1, -0.05) is 26.7 Å². The molecular weight excluding hydrogens is 336 g/mol. The van der Waals surface area contributed by atoms with Crippen LogP contribution in [0.3, 0.4) is 0 Å². The summed E-state index contributed by atoms with van der Waals surface area (Å²) < 4.78 is 4.96. The van der Waals surface area contributed by atoms with E-state index in [2.05, 4.69) is 13.8 Å². The number of hydrogen-bond acceptors (Lipinski definition) is 3. The van der Waals surface area contributed by atoms with Gasteiger partial charge in [-0.05, 0) is 92.1 Å². The molecule has 1 unspecified atom stereocenters. The maximum Gasteiger partial charge on any atom is 0.335 e. The highest BCUT2D eigenvalue weighted by Crippen LogP contribution is 2.70. The van der Waals surface area contributed by atoms with Crippen molar-refractivity contribution in [1.29, 1.82) is 0 Å². The zero-order valence-corrected chi connectivity index (χ0v) is 16.9. The summed E-state index contributed by atoms with van der Waals surface area (Å²) in [4.78, 5) is 11.8. The summed E-state index contributed by atoms with van der Waals surface area (Å²) in [6.07, 6.45) is 13.7. The van der Waals surface area contributed by atoms with E-state index in [1.54, 1.807) is 6.07 Å². The Bertz CT molecular complexity index is 784. The van der Waals surface area contributed by atoms with Crippen LogP contribution in [0.25, 0.3) is 0 Å². The summed E-state index contributed by atoms with van der Waals surface area (Å²) in [7, 11) is 0. The fraction of sp³-hybridized carbons (Fsp3) is 0.792. The van der Waals surface area contributed by atoms with E-state index in [-0.39, 0.29) is 17.0 Å². The molecule has 4 saturated carbocycles. The molecule has 0 aliphatic heterocycles. The van der Waals surface area contributed by atoms with Crippen LogP contribution < -0.4 is 5.63 Å². The second-order valence-corrected chi connectivity index (χ2v) is 10.6. The SMILES string of the molecule is C[C@]12CCCC[C@H]1CC[C@@H]1C2CC[C@]2(C)[C@@H](c3ccoc(=O)c3)CC[C@]12O. The third-order valence-electron chi connectivity index (χ3n) is 9.90. The smallest absolute Gasteiger partial charge is 0.335 e. The highest BCUT2D eigenvalue weighted by atomic mass is 16.4. The molecule has 0 amide bonds. The molecule has 0 spiro atoms. The van der Waals surface area contributed by atoms with E-state index in [9.17, 15) is 9.90 Å². The van der Waals surface area contributed by atoms with Crippen molar-refractivity contribution in [3.8, 4) is 0 Å². The van der Waals surface area contributed by atoms with E-state index in [1.807, 2.05) is 6.07 Å². The van der Waals surface area contributed by atoms with Gasteiger partial charge in [0.05, 0.1) is 11.9 Å². The van der Waals surface area contributed by atoms with Crippen LogP contribution in [-0.2, 0) is 0 Å². The molecule has 0 aromatic carbocycles. The fourth-order valence-corrected chi connectivity index (χ4v) is 8.41. The zero-order chi connectivity index (χ0) is 18.9. The third-order valence-corrected chi connectivity index (χ3v) is 9.90. The topological polar surface area (TPSA) is 50.4 Å². The van der Waals surface area contributed by atoms with Crippen LogP contribution in [0, 0.1) is 28.6 Å². The Morgan fingerprint density at radius 1 is 1.00 bits per heavy atom. The van der Waals surface area contributed by atoms with Gasteiger partial charge in [0.2, 0.25) is 0 Å². The van der Waals surface area contributed by atoms with Gasteiger partial charge in [-0.25, -0.2) is 4.79 Å². The van der Waals surface area contributed by atoms with Crippen LogP contribution in [0.5, 0.6) is 0 Å². The monoisotopic (exact) mass is 370 g/mol. The van der Waals surface area contributed by atoms with Crippen LogP contribution in [0.1, 0.15) is 89.5 Å². The van der Waals surface area contributed by atoms with E-state index in [4.69, 9.17) is 4.42 Å². The van der Waals surface area contributed by atoms with Crippen molar-refractivity contribution in [1.82, 2.24) is 0 Å². The minimum Gasteiger partial charge on any atom is -0.431 e. The lowest BCUT2D eigenvalue weighted by Crippen LogP contribution is -2.61. The van der Waals surface area contributed by atoms with Gasteiger partial charge in [-0.2, -0.15) is 0 Å². The minimum absolute atomic E-state index is 0.125. The van der Waals surface area contributed by atoms with Crippen LogP contribution in [-0.4, -0.2) is 10.7 Å². The Labute approximate surface area is 162 Å². The minimum atomic E-state index is -0.581. The Kier molecular flexibility index (Phi) is 3.96. The summed E-state index contributed by atoms with van der Waals surface area (Å²) in [5, 5.41) is 12.2. The summed E-state index contributed by atoms with van der Waals surface area (Å²) in [5.41, 5.74) is 0.530. The summed E-state index contributed by atoms with van der Waals surface area (Å²) in [6, 6.07) is 3.61. The van der Waals surface area contributed by atoms with Gasteiger partial charge in [0.1, 0.15) is 0 Å². The first-order valence-corrected chi connectivity index (χ1v) is 11.2. The molecule has 5 rings (SSSR count). The quantitative estimate of drug-likeness (QED) is 0.732. The lowest BCUT2D eigenvalue weighted by molar-refractivity contribution is -0.200. The molecule has 4 fully saturated rings. The summed E-state index contributed by atoms with van der Waals surface area (Å²) in [5.74, 6) is 2.25. The van der Waals surface area contributed by atoms with E-state index in [0.29, 0.717) is 17.3 Å². The van der Waals surface area contributed by atoms with Gasteiger partial charge in [0.15, 0.2) is 0 Å². The molecule has 4 aliphatic carbocycles. The number of hydrogen-bond donors (Lipinski definition) is 1. The molecular formula is C24H34O3. The molecule has 3 nitrogen and oxygen atoms in total. The number of aliphatic hydroxyl groups is 1. The van der Waals surface area contributed by atoms with Gasteiger partial charge < -0.3 is 9.52 Å². The van der Waals surface area contributed by atoms with Crippen LogP contribution in [0.4, 0.5) is 0 Å². The van der Waals surface area contributed by atoms with Crippen molar-refractivity contribution in [2.24, 2.45) is 28.6 Å². The van der Waals surface area contributed by atoms with Crippen molar-refractivity contribution in [3.63, 3.8) is 0 Å². The van der Waals surface area contributed by atoms with Gasteiger partial charge in [0, 0.05) is 11.5 Å². The van der Waals surface area contributed by atoms with Crippen molar-refractivity contribution >= 4 is 0 Å². The molecule has 4 aliphatic rings. The van der Waals surface area contributed by atoms with Gasteiger partial charge in [-0.3, -0.25) is 0 Å². The van der Waals surface area contributed by atoms with E-state index < -0.39 is 5.60 Å². The molecule has 7 atom stereocenters. The standard InChI is InChI=1S/C24H34O3/c1-22-11-4-3-5-17(22)6-7-20-19(22)8-12-23(2)18(9-13-24(20,23)26)16-10-14-27-21(25)15-16/h10,14-15,17-20,26H,3-9,11-13H2,1-2H3/t17-,18+,19?,20+,22-,23+,24-/m0/s1. The lowest BCUT2D eigenvalue weighted by atomic mass is 9.43. The average Bonchev–Trinajstić information content (AvgIpc) is 2.93. The van der Waals surface area contributed by atoms with Crippen molar-refractivity contribution in [2.45, 2.75) is 89.6 Å². The van der Waals surface area contributed by atoms with Gasteiger partial charge in [-0.15, -0.1) is 0 Å². The van der Waals surface area contributed by atoms with E-state index in [0.717, 1.165) is 30.7 Å². The molecule has 1 aromatic rings. The molecule has 0 bridgehead atoms. The molecule has 0 radical (unpaired) electrons. The van der Waals surface area contributed by atoms with Crippen molar-refractivity contribution in [3.05, 3.63) is 34.4 Å². The Morgan fingerprint density at radius 3 is 2.67 bits per heavy atom. The maximum absolute atomic E-state index is 12.2.